The highest BCUT2D eigenvalue weighted by molar-refractivity contribution is 6.30. The molecule has 0 saturated carbocycles. The molecule has 0 aliphatic heterocycles. The van der Waals surface area contributed by atoms with E-state index in [-0.39, 0.29) is 11.8 Å². The summed E-state index contributed by atoms with van der Waals surface area (Å²) in [7, 11) is 0. The zero-order valence-corrected chi connectivity index (χ0v) is 14.0. The van der Waals surface area contributed by atoms with Crippen LogP contribution in [0.1, 0.15) is 20.7 Å². The van der Waals surface area contributed by atoms with Crippen LogP contribution in [0.3, 0.4) is 0 Å². The zero-order chi connectivity index (χ0) is 17.6. The predicted octanol–water partition coefficient (Wildman–Crippen LogP) is 4.84. The molecule has 0 atom stereocenters. The standard InChI is InChI=1S/C20H15ClN2O2/c21-16-10-12-18(13-11-16)23-20(25)15-8-6-14(7-9-15)19(24)22-17-4-2-1-3-5-17/h1-13H,(H,22,24)(H,23,25). The van der Waals surface area contributed by atoms with E-state index in [9.17, 15) is 9.59 Å². The molecule has 0 aromatic heterocycles. The fourth-order valence-corrected chi connectivity index (χ4v) is 2.36. The van der Waals surface area contributed by atoms with E-state index in [1.54, 1.807) is 48.5 Å². The Balaban J connectivity index is 1.66. The van der Waals surface area contributed by atoms with Crippen molar-refractivity contribution in [2.45, 2.75) is 0 Å². The van der Waals surface area contributed by atoms with Gasteiger partial charge < -0.3 is 10.6 Å². The summed E-state index contributed by atoms with van der Waals surface area (Å²) in [6, 6.07) is 22.5. The second kappa shape index (κ2) is 7.64. The number of rotatable bonds is 4. The normalized spacial score (nSPS) is 10.1. The number of para-hydroxylation sites is 1. The minimum Gasteiger partial charge on any atom is -0.322 e. The number of benzene rings is 3. The molecule has 0 aliphatic carbocycles. The summed E-state index contributed by atoms with van der Waals surface area (Å²) >= 11 is 5.82. The van der Waals surface area contributed by atoms with Crippen LogP contribution in [0.25, 0.3) is 0 Å². The molecule has 0 heterocycles. The van der Waals surface area contributed by atoms with E-state index in [0.29, 0.717) is 21.8 Å². The monoisotopic (exact) mass is 350 g/mol. The zero-order valence-electron chi connectivity index (χ0n) is 13.2. The van der Waals surface area contributed by atoms with Crippen LogP contribution in [0.4, 0.5) is 11.4 Å². The molecule has 0 aliphatic rings. The summed E-state index contributed by atoms with van der Waals surface area (Å²) in [4.78, 5) is 24.4. The highest BCUT2D eigenvalue weighted by Gasteiger charge is 2.09. The van der Waals surface area contributed by atoms with Gasteiger partial charge in [0, 0.05) is 27.5 Å². The van der Waals surface area contributed by atoms with Gasteiger partial charge in [0.2, 0.25) is 0 Å². The Kier molecular flexibility index (Phi) is 5.11. The maximum absolute atomic E-state index is 12.2. The van der Waals surface area contributed by atoms with Crippen LogP contribution >= 0.6 is 11.6 Å². The highest BCUT2D eigenvalue weighted by Crippen LogP contribution is 2.15. The molecule has 5 heteroatoms. The van der Waals surface area contributed by atoms with Gasteiger partial charge in [-0.05, 0) is 60.7 Å². The molecule has 3 rings (SSSR count). The number of nitrogens with one attached hydrogen (secondary N) is 2. The van der Waals surface area contributed by atoms with Gasteiger partial charge in [-0.25, -0.2) is 0 Å². The summed E-state index contributed by atoms with van der Waals surface area (Å²) in [5.41, 5.74) is 2.32. The van der Waals surface area contributed by atoms with Crippen LogP contribution in [-0.4, -0.2) is 11.8 Å². The number of anilines is 2. The van der Waals surface area contributed by atoms with Gasteiger partial charge in [0.15, 0.2) is 0 Å². The van der Waals surface area contributed by atoms with Crippen molar-refractivity contribution in [2.24, 2.45) is 0 Å². The molecule has 124 valence electrons. The lowest BCUT2D eigenvalue weighted by Gasteiger charge is -2.07. The van der Waals surface area contributed by atoms with Crippen LogP contribution in [0, 0.1) is 0 Å². The van der Waals surface area contributed by atoms with Crippen LogP contribution in [0.15, 0.2) is 78.9 Å². The van der Waals surface area contributed by atoms with E-state index in [0.717, 1.165) is 5.69 Å². The Labute approximate surface area is 150 Å². The van der Waals surface area contributed by atoms with Crippen molar-refractivity contribution in [3.8, 4) is 0 Å². The van der Waals surface area contributed by atoms with E-state index in [1.807, 2.05) is 30.3 Å². The Bertz CT molecular complexity index is 876. The van der Waals surface area contributed by atoms with E-state index in [1.165, 1.54) is 0 Å². The summed E-state index contributed by atoms with van der Waals surface area (Å²) < 4.78 is 0. The molecule has 0 fully saturated rings. The van der Waals surface area contributed by atoms with E-state index >= 15 is 0 Å². The van der Waals surface area contributed by atoms with Crippen molar-refractivity contribution in [3.63, 3.8) is 0 Å². The average molecular weight is 351 g/mol. The van der Waals surface area contributed by atoms with Crippen LogP contribution in [-0.2, 0) is 0 Å². The predicted molar refractivity (Wildman–Crippen MR) is 100 cm³/mol. The fraction of sp³-hybridized carbons (Fsp3) is 0. The van der Waals surface area contributed by atoms with Gasteiger partial charge in [0.1, 0.15) is 0 Å². The molecular formula is C20H15ClN2O2. The van der Waals surface area contributed by atoms with Crippen molar-refractivity contribution < 1.29 is 9.59 Å². The topological polar surface area (TPSA) is 58.2 Å². The quantitative estimate of drug-likeness (QED) is 0.707. The Hall–Kier alpha value is -3.11. The van der Waals surface area contributed by atoms with Crippen molar-refractivity contribution >= 4 is 34.8 Å². The Morgan fingerprint density at radius 1 is 0.600 bits per heavy atom. The van der Waals surface area contributed by atoms with Gasteiger partial charge in [-0.3, -0.25) is 9.59 Å². The minimum atomic E-state index is -0.252. The average Bonchev–Trinajstić information content (AvgIpc) is 2.64. The molecular weight excluding hydrogens is 336 g/mol. The van der Waals surface area contributed by atoms with Crippen molar-refractivity contribution in [3.05, 3.63) is 95.0 Å². The SMILES string of the molecule is O=C(Nc1ccccc1)c1ccc(C(=O)Nc2ccc(Cl)cc2)cc1. The summed E-state index contributed by atoms with van der Waals surface area (Å²) in [6.45, 7) is 0. The first-order chi connectivity index (χ1) is 12.1. The number of hydrogen-bond donors (Lipinski definition) is 2. The summed E-state index contributed by atoms with van der Waals surface area (Å²) in [5.74, 6) is -0.479. The third-order valence-electron chi connectivity index (χ3n) is 3.54. The first kappa shape index (κ1) is 16.7. The molecule has 0 unspecified atom stereocenters. The highest BCUT2D eigenvalue weighted by atomic mass is 35.5. The number of amides is 2. The fourth-order valence-electron chi connectivity index (χ4n) is 2.23. The second-order valence-corrected chi connectivity index (χ2v) is 5.79. The van der Waals surface area contributed by atoms with E-state index < -0.39 is 0 Å². The van der Waals surface area contributed by atoms with Crippen molar-refractivity contribution in [2.75, 3.05) is 10.6 Å². The van der Waals surface area contributed by atoms with Gasteiger partial charge in [0.25, 0.3) is 11.8 Å². The number of carbonyl (C=O) groups is 2. The maximum Gasteiger partial charge on any atom is 0.255 e. The molecule has 0 bridgehead atoms. The third-order valence-corrected chi connectivity index (χ3v) is 3.80. The second-order valence-electron chi connectivity index (χ2n) is 5.36. The van der Waals surface area contributed by atoms with Gasteiger partial charge in [-0.15, -0.1) is 0 Å². The molecule has 3 aromatic rings. The van der Waals surface area contributed by atoms with Gasteiger partial charge in [-0.1, -0.05) is 29.8 Å². The van der Waals surface area contributed by atoms with Gasteiger partial charge in [0.05, 0.1) is 0 Å². The Morgan fingerprint density at radius 3 is 1.52 bits per heavy atom. The van der Waals surface area contributed by atoms with Crippen LogP contribution in [0.5, 0.6) is 0 Å². The number of hydrogen-bond acceptors (Lipinski definition) is 2. The lowest BCUT2D eigenvalue weighted by Crippen LogP contribution is -2.14. The summed E-state index contributed by atoms with van der Waals surface area (Å²) in [6.07, 6.45) is 0. The van der Waals surface area contributed by atoms with Gasteiger partial charge >= 0.3 is 0 Å². The molecule has 2 amide bonds. The van der Waals surface area contributed by atoms with Crippen molar-refractivity contribution in [1.82, 2.24) is 0 Å². The van der Waals surface area contributed by atoms with Crippen molar-refractivity contribution in [1.29, 1.82) is 0 Å². The lowest BCUT2D eigenvalue weighted by molar-refractivity contribution is 0.101. The molecule has 2 N–H and O–H groups in total. The van der Waals surface area contributed by atoms with Gasteiger partial charge in [-0.2, -0.15) is 0 Å². The molecule has 0 saturated heterocycles. The smallest absolute Gasteiger partial charge is 0.255 e. The largest absolute Gasteiger partial charge is 0.322 e. The number of carbonyl (C=O) groups excluding carboxylic acids is 2. The van der Waals surface area contributed by atoms with E-state index in [4.69, 9.17) is 11.6 Å². The van der Waals surface area contributed by atoms with Crippen LogP contribution in [0.2, 0.25) is 5.02 Å². The molecule has 4 nitrogen and oxygen atoms in total. The lowest BCUT2D eigenvalue weighted by atomic mass is 10.1. The third kappa shape index (κ3) is 4.46. The van der Waals surface area contributed by atoms with Crippen LogP contribution < -0.4 is 10.6 Å². The van der Waals surface area contributed by atoms with E-state index in [2.05, 4.69) is 10.6 Å². The summed E-state index contributed by atoms with van der Waals surface area (Å²) in [5, 5.41) is 6.18. The Morgan fingerprint density at radius 2 is 1.04 bits per heavy atom. The molecule has 0 radical (unpaired) electrons. The number of halogens is 1. The maximum atomic E-state index is 12.2. The first-order valence-corrected chi connectivity index (χ1v) is 8.03. The molecule has 0 spiro atoms. The molecule has 25 heavy (non-hydrogen) atoms. The first-order valence-electron chi connectivity index (χ1n) is 7.65. The minimum absolute atomic E-state index is 0.226. The molecule has 3 aromatic carbocycles.